The quantitative estimate of drug-likeness (QED) is 0.624. The van der Waals surface area contributed by atoms with E-state index in [9.17, 15) is 4.39 Å². The average molecular weight is 299 g/mol. The summed E-state index contributed by atoms with van der Waals surface area (Å²) in [6.07, 6.45) is 2.30. The highest BCUT2D eigenvalue weighted by atomic mass is 35.5. The van der Waals surface area contributed by atoms with Crippen LogP contribution in [0, 0.1) is 5.82 Å². The molecule has 1 fully saturated rings. The number of hydrogen-bond acceptors (Lipinski definition) is 2. The summed E-state index contributed by atoms with van der Waals surface area (Å²) in [5.41, 5.74) is 1.80. The Bertz CT molecular complexity index is 843. The minimum atomic E-state index is -0.237. The fourth-order valence-corrected chi connectivity index (χ4v) is 2.79. The van der Waals surface area contributed by atoms with Crippen molar-refractivity contribution in [2.75, 3.05) is 0 Å². The van der Waals surface area contributed by atoms with Crippen molar-refractivity contribution in [2.24, 2.45) is 0 Å². The standard InChI is InChI=1S/C17H12ClFN2/c18-16-9-15(10-5-6-10)20-17(21-16)13-7-8-14(19)12-4-2-1-3-11(12)13/h1-4,7-10H,5-6H2. The molecule has 21 heavy (non-hydrogen) atoms. The molecule has 4 rings (SSSR count). The average Bonchev–Trinajstić information content (AvgIpc) is 3.32. The summed E-state index contributed by atoms with van der Waals surface area (Å²) in [5.74, 6) is 0.829. The molecule has 0 saturated heterocycles. The smallest absolute Gasteiger partial charge is 0.161 e. The number of halogens is 2. The molecule has 104 valence electrons. The van der Waals surface area contributed by atoms with E-state index in [2.05, 4.69) is 9.97 Å². The van der Waals surface area contributed by atoms with E-state index in [1.807, 2.05) is 24.3 Å². The third-order valence-corrected chi connectivity index (χ3v) is 4.02. The second kappa shape index (κ2) is 4.78. The molecule has 3 aromatic rings. The third kappa shape index (κ3) is 2.28. The number of fused-ring (bicyclic) bond motifs is 1. The van der Waals surface area contributed by atoms with E-state index < -0.39 is 0 Å². The van der Waals surface area contributed by atoms with Crippen LogP contribution in [0.5, 0.6) is 0 Å². The van der Waals surface area contributed by atoms with Crippen molar-refractivity contribution in [1.82, 2.24) is 9.97 Å². The molecule has 0 N–H and O–H groups in total. The molecule has 0 spiro atoms. The van der Waals surface area contributed by atoms with Gasteiger partial charge in [0.15, 0.2) is 5.82 Å². The van der Waals surface area contributed by atoms with Gasteiger partial charge in [-0.25, -0.2) is 14.4 Å². The Balaban J connectivity index is 1.96. The normalized spacial score (nSPS) is 14.6. The van der Waals surface area contributed by atoms with Gasteiger partial charge in [0, 0.05) is 22.6 Å². The zero-order chi connectivity index (χ0) is 14.4. The maximum absolute atomic E-state index is 13.9. The molecule has 0 unspecified atom stereocenters. The number of aromatic nitrogens is 2. The SMILES string of the molecule is Fc1ccc(-c2nc(Cl)cc(C3CC3)n2)c2ccccc12. The van der Waals surface area contributed by atoms with Gasteiger partial charge in [0.05, 0.1) is 0 Å². The summed E-state index contributed by atoms with van der Waals surface area (Å²) in [5, 5.41) is 1.82. The maximum atomic E-state index is 13.9. The largest absolute Gasteiger partial charge is 0.233 e. The summed E-state index contributed by atoms with van der Waals surface area (Å²) in [7, 11) is 0. The van der Waals surface area contributed by atoms with Gasteiger partial charge in [-0.3, -0.25) is 0 Å². The zero-order valence-electron chi connectivity index (χ0n) is 11.2. The molecule has 1 aliphatic rings. The number of benzene rings is 2. The lowest BCUT2D eigenvalue weighted by Gasteiger charge is -2.08. The van der Waals surface area contributed by atoms with Crippen LogP contribution in [0.25, 0.3) is 22.2 Å². The Kier molecular flexibility index (Phi) is 2.89. The molecular weight excluding hydrogens is 287 g/mol. The van der Waals surface area contributed by atoms with Crippen molar-refractivity contribution in [2.45, 2.75) is 18.8 Å². The molecule has 2 aromatic carbocycles. The Morgan fingerprint density at radius 3 is 2.52 bits per heavy atom. The Hall–Kier alpha value is -2.00. The lowest BCUT2D eigenvalue weighted by atomic mass is 10.0. The van der Waals surface area contributed by atoms with Crippen molar-refractivity contribution in [1.29, 1.82) is 0 Å². The van der Waals surface area contributed by atoms with Gasteiger partial charge in [0.2, 0.25) is 0 Å². The van der Waals surface area contributed by atoms with Crippen LogP contribution in [0.3, 0.4) is 0 Å². The van der Waals surface area contributed by atoms with Crippen molar-refractivity contribution < 1.29 is 4.39 Å². The monoisotopic (exact) mass is 298 g/mol. The van der Waals surface area contributed by atoms with Crippen LogP contribution >= 0.6 is 11.6 Å². The second-order valence-electron chi connectivity index (χ2n) is 5.35. The van der Waals surface area contributed by atoms with E-state index in [0.717, 1.165) is 29.5 Å². The van der Waals surface area contributed by atoms with E-state index in [1.54, 1.807) is 12.1 Å². The summed E-state index contributed by atoms with van der Waals surface area (Å²) in [6, 6.07) is 12.4. The molecule has 0 bridgehead atoms. The molecule has 0 atom stereocenters. The molecule has 0 aliphatic heterocycles. The Labute approximate surface area is 126 Å². The molecule has 2 nitrogen and oxygen atoms in total. The van der Waals surface area contributed by atoms with Crippen molar-refractivity contribution in [3.8, 4) is 11.4 Å². The predicted octanol–water partition coefficient (Wildman–Crippen LogP) is 4.97. The van der Waals surface area contributed by atoms with Crippen LogP contribution < -0.4 is 0 Å². The van der Waals surface area contributed by atoms with Crippen molar-refractivity contribution in [3.63, 3.8) is 0 Å². The summed E-state index contributed by atoms with van der Waals surface area (Å²) >= 11 is 6.13. The van der Waals surface area contributed by atoms with E-state index in [4.69, 9.17) is 11.6 Å². The van der Waals surface area contributed by atoms with Crippen LogP contribution in [0.1, 0.15) is 24.5 Å². The Morgan fingerprint density at radius 2 is 1.76 bits per heavy atom. The van der Waals surface area contributed by atoms with Crippen LogP contribution in [0.15, 0.2) is 42.5 Å². The first-order valence-electron chi connectivity index (χ1n) is 6.94. The summed E-state index contributed by atoms with van der Waals surface area (Å²) < 4.78 is 13.9. The molecule has 1 saturated carbocycles. The minimum absolute atomic E-state index is 0.237. The summed E-state index contributed by atoms with van der Waals surface area (Å²) in [6.45, 7) is 0. The molecular formula is C17H12ClFN2. The van der Waals surface area contributed by atoms with Crippen LogP contribution in [0.2, 0.25) is 5.15 Å². The zero-order valence-corrected chi connectivity index (χ0v) is 11.9. The van der Waals surface area contributed by atoms with E-state index >= 15 is 0 Å². The lowest BCUT2D eigenvalue weighted by molar-refractivity contribution is 0.640. The topological polar surface area (TPSA) is 25.8 Å². The number of hydrogen-bond donors (Lipinski definition) is 0. The van der Waals surface area contributed by atoms with Crippen molar-refractivity contribution >= 4 is 22.4 Å². The van der Waals surface area contributed by atoms with Gasteiger partial charge >= 0.3 is 0 Å². The highest BCUT2D eigenvalue weighted by molar-refractivity contribution is 6.29. The molecule has 4 heteroatoms. The van der Waals surface area contributed by atoms with Gasteiger partial charge < -0.3 is 0 Å². The predicted molar refractivity (Wildman–Crippen MR) is 81.9 cm³/mol. The van der Waals surface area contributed by atoms with Gasteiger partial charge in [-0.15, -0.1) is 0 Å². The highest BCUT2D eigenvalue weighted by Crippen LogP contribution is 2.40. The van der Waals surface area contributed by atoms with E-state index in [1.165, 1.54) is 6.07 Å². The van der Waals surface area contributed by atoms with E-state index in [-0.39, 0.29) is 5.82 Å². The van der Waals surface area contributed by atoms with Crippen LogP contribution in [-0.2, 0) is 0 Å². The first kappa shape index (κ1) is 12.7. The molecule has 1 aliphatic carbocycles. The van der Waals surface area contributed by atoms with Crippen LogP contribution in [-0.4, -0.2) is 9.97 Å². The van der Waals surface area contributed by atoms with Gasteiger partial charge in [0.1, 0.15) is 11.0 Å². The molecule has 0 radical (unpaired) electrons. The van der Waals surface area contributed by atoms with Gasteiger partial charge in [-0.1, -0.05) is 35.9 Å². The fourth-order valence-electron chi connectivity index (χ4n) is 2.60. The Morgan fingerprint density at radius 1 is 1.00 bits per heavy atom. The summed E-state index contributed by atoms with van der Waals surface area (Å²) in [4.78, 5) is 8.95. The lowest BCUT2D eigenvalue weighted by Crippen LogP contribution is -1.96. The molecule has 1 heterocycles. The van der Waals surface area contributed by atoms with Gasteiger partial charge in [0.25, 0.3) is 0 Å². The first-order chi connectivity index (χ1) is 10.2. The maximum Gasteiger partial charge on any atom is 0.161 e. The van der Waals surface area contributed by atoms with Crippen LogP contribution in [0.4, 0.5) is 4.39 Å². The minimum Gasteiger partial charge on any atom is -0.233 e. The first-order valence-corrected chi connectivity index (χ1v) is 7.32. The van der Waals surface area contributed by atoms with Crippen molar-refractivity contribution in [3.05, 3.63) is 59.1 Å². The number of nitrogens with zero attached hydrogens (tertiary/aromatic N) is 2. The highest BCUT2D eigenvalue weighted by Gasteiger charge is 2.26. The third-order valence-electron chi connectivity index (χ3n) is 3.82. The number of rotatable bonds is 2. The molecule has 0 amide bonds. The van der Waals surface area contributed by atoms with Gasteiger partial charge in [-0.2, -0.15) is 0 Å². The molecule has 1 aromatic heterocycles. The second-order valence-corrected chi connectivity index (χ2v) is 5.74. The van der Waals surface area contributed by atoms with Gasteiger partial charge in [-0.05, 0) is 36.4 Å². The van der Waals surface area contributed by atoms with E-state index in [0.29, 0.717) is 22.3 Å². The fraction of sp³-hybridized carbons (Fsp3) is 0.176.